The van der Waals surface area contributed by atoms with Gasteiger partial charge in [0, 0.05) is 0 Å². The Hall–Kier alpha value is 0.719. The van der Waals surface area contributed by atoms with Gasteiger partial charge in [-0.15, -0.1) is 0 Å². The van der Waals surface area contributed by atoms with Crippen LogP contribution in [0.2, 0.25) is 4.44 Å². The van der Waals surface area contributed by atoms with E-state index in [4.69, 9.17) is 9.47 Å². The molecule has 0 amide bonds. The summed E-state index contributed by atoms with van der Waals surface area (Å²) in [5.41, 5.74) is 0. The molecule has 0 saturated heterocycles. The van der Waals surface area contributed by atoms with E-state index in [9.17, 15) is 0 Å². The molecule has 2 unspecified atom stereocenters. The van der Waals surface area contributed by atoms with Crippen LogP contribution < -0.4 is 0 Å². The molecule has 0 fully saturated rings. The normalized spacial score (nSPS) is 14.3. The Morgan fingerprint density at radius 2 is 1.43 bits per heavy atom. The summed E-state index contributed by atoms with van der Waals surface area (Å²) in [4.78, 5) is 0. The average Bonchev–Trinajstić information content (AvgIpc) is 2.52. The molecule has 0 saturated carbocycles. The molecule has 0 aromatic carbocycles. The molecule has 0 heterocycles. The first-order valence-corrected chi connectivity index (χ1v) is 13.2. The van der Waals surface area contributed by atoms with Crippen LogP contribution in [-0.4, -0.2) is 39.2 Å². The third kappa shape index (κ3) is 14.1. The maximum atomic E-state index is 5.69. The second-order valence-electron chi connectivity index (χ2n) is 6.12. The predicted molar refractivity (Wildman–Crippen MR) is 93.9 cm³/mol. The van der Waals surface area contributed by atoms with Crippen molar-refractivity contribution in [2.45, 2.75) is 83.5 Å². The first-order valence-electron chi connectivity index (χ1n) is 9.14. The van der Waals surface area contributed by atoms with Crippen LogP contribution in [0.15, 0.2) is 0 Å². The Labute approximate surface area is 144 Å². The van der Waals surface area contributed by atoms with Crippen LogP contribution in [0.1, 0.15) is 79.1 Å². The number of hydrogen-bond donors (Lipinski definition) is 0. The van der Waals surface area contributed by atoms with E-state index in [1.54, 1.807) is 0 Å². The molecule has 3 heteroatoms. The topological polar surface area (TPSA) is 18.5 Å². The molecule has 2 nitrogen and oxygen atoms in total. The van der Waals surface area contributed by atoms with E-state index in [1.165, 1.54) is 55.8 Å². The number of hydrogen-bond acceptors (Lipinski definition) is 2. The summed E-state index contributed by atoms with van der Waals surface area (Å²) in [6, 6.07) is 0. The molecule has 2 radical (unpaired) electrons. The maximum absolute atomic E-state index is 5.69. The van der Waals surface area contributed by atoms with Gasteiger partial charge in [-0.05, 0) is 0 Å². The van der Waals surface area contributed by atoms with Gasteiger partial charge < -0.3 is 0 Å². The van der Waals surface area contributed by atoms with Crippen molar-refractivity contribution < 1.29 is 9.47 Å². The van der Waals surface area contributed by atoms with Crippen molar-refractivity contribution in [3.8, 4) is 0 Å². The van der Waals surface area contributed by atoms with Crippen molar-refractivity contribution in [3.63, 3.8) is 0 Å². The van der Waals surface area contributed by atoms with Crippen molar-refractivity contribution >= 4 is 21.1 Å². The molecule has 0 rings (SSSR count). The summed E-state index contributed by atoms with van der Waals surface area (Å²) in [5.74, 6) is 1.70. The fraction of sp³-hybridized carbons (Fsp3) is 1.00. The van der Waals surface area contributed by atoms with E-state index in [-0.39, 0.29) is 21.1 Å². The van der Waals surface area contributed by atoms with Gasteiger partial charge in [0.25, 0.3) is 0 Å². The van der Waals surface area contributed by atoms with Gasteiger partial charge in [-0.1, -0.05) is 0 Å². The molecule has 0 aliphatic heterocycles. The Morgan fingerprint density at radius 3 is 2.00 bits per heavy atom. The molecule has 0 aromatic rings. The zero-order chi connectivity index (χ0) is 15.8. The van der Waals surface area contributed by atoms with Crippen molar-refractivity contribution in [1.82, 2.24) is 0 Å². The summed E-state index contributed by atoms with van der Waals surface area (Å²) >= 11 is -0.317. The van der Waals surface area contributed by atoms with Crippen LogP contribution >= 0.6 is 0 Å². The zero-order valence-electron chi connectivity index (χ0n) is 15.0. The zero-order valence-corrected chi connectivity index (χ0v) is 17.8. The van der Waals surface area contributed by atoms with Gasteiger partial charge in [-0.25, -0.2) is 0 Å². The molecule has 126 valence electrons. The van der Waals surface area contributed by atoms with Crippen LogP contribution in [0.3, 0.4) is 0 Å². The minimum absolute atomic E-state index is 0.317. The molecular weight excluding hydrogens is 367 g/mol. The molecule has 2 atom stereocenters. The van der Waals surface area contributed by atoms with E-state index in [0.29, 0.717) is 6.79 Å². The Balaban J connectivity index is 3.41. The van der Waals surface area contributed by atoms with Crippen LogP contribution in [0.25, 0.3) is 0 Å². The summed E-state index contributed by atoms with van der Waals surface area (Å²) in [6.07, 6.45) is 10.7. The number of rotatable bonds is 16. The van der Waals surface area contributed by atoms with Gasteiger partial charge in [0.2, 0.25) is 0 Å². The molecule has 0 N–H and O–H groups in total. The molecule has 0 spiro atoms. The SMILES string of the molecule is CCCCC(CC)COCO[CH2][Sn][CH2]C(CC)CCCC. The van der Waals surface area contributed by atoms with E-state index >= 15 is 0 Å². The monoisotopic (exact) mass is 406 g/mol. The van der Waals surface area contributed by atoms with Gasteiger partial charge in [0.1, 0.15) is 0 Å². The second-order valence-corrected chi connectivity index (χ2v) is 9.54. The molecule has 0 aliphatic carbocycles. The van der Waals surface area contributed by atoms with Crippen LogP contribution in [0, 0.1) is 11.8 Å². The molecule has 21 heavy (non-hydrogen) atoms. The molecule has 0 aromatic heterocycles. The quantitative estimate of drug-likeness (QED) is 0.192. The standard InChI is InChI=1S/C10H21O2.C8H17.Sn/c1-4-6-7-10(5-2)8-12-9-11-3;1-4-6-7-8(3)5-2;/h10H,3-9H2,1-2H3;8H,3-7H2,1-2H3;. The van der Waals surface area contributed by atoms with E-state index in [2.05, 4.69) is 27.7 Å². The van der Waals surface area contributed by atoms with Gasteiger partial charge in [-0.2, -0.15) is 0 Å². The van der Waals surface area contributed by atoms with Crippen molar-refractivity contribution in [1.29, 1.82) is 0 Å². The summed E-state index contributed by atoms with van der Waals surface area (Å²) in [5, 5.41) is 0. The van der Waals surface area contributed by atoms with E-state index in [0.717, 1.165) is 23.1 Å². The molecule has 0 bridgehead atoms. The molecular formula is C18H38O2Sn. The van der Waals surface area contributed by atoms with E-state index in [1.807, 2.05) is 0 Å². The second kappa shape index (κ2) is 17.1. The summed E-state index contributed by atoms with van der Waals surface area (Å²) in [7, 11) is 0. The van der Waals surface area contributed by atoms with Gasteiger partial charge in [0.15, 0.2) is 0 Å². The Kier molecular flexibility index (Phi) is 17.7. The third-order valence-electron chi connectivity index (χ3n) is 4.24. The molecule has 0 aliphatic rings. The summed E-state index contributed by atoms with van der Waals surface area (Å²) in [6.45, 7) is 10.6. The van der Waals surface area contributed by atoms with Crippen LogP contribution in [-0.2, 0) is 9.47 Å². The summed E-state index contributed by atoms with van der Waals surface area (Å²) < 4.78 is 13.9. The van der Waals surface area contributed by atoms with Crippen molar-refractivity contribution in [2.75, 3.05) is 18.0 Å². The predicted octanol–water partition coefficient (Wildman–Crippen LogP) is 5.49. The van der Waals surface area contributed by atoms with Gasteiger partial charge in [-0.3, -0.25) is 0 Å². The minimum atomic E-state index is -0.317. The van der Waals surface area contributed by atoms with Gasteiger partial charge >= 0.3 is 144 Å². The Morgan fingerprint density at radius 1 is 0.810 bits per heavy atom. The van der Waals surface area contributed by atoms with Crippen molar-refractivity contribution in [2.24, 2.45) is 11.8 Å². The first-order chi connectivity index (χ1) is 10.3. The number of unbranched alkanes of at least 4 members (excludes halogenated alkanes) is 2. The van der Waals surface area contributed by atoms with Crippen LogP contribution in [0.5, 0.6) is 0 Å². The van der Waals surface area contributed by atoms with Crippen LogP contribution in [0.4, 0.5) is 0 Å². The van der Waals surface area contributed by atoms with Crippen molar-refractivity contribution in [3.05, 3.63) is 0 Å². The van der Waals surface area contributed by atoms with E-state index < -0.39 is 0 Å². The fourth-order valence-electron chi connectivity index (χ4n) is 2.49. The third-order valence-corrected chi connectivity index (χ3v) is 7.88. The fourth-order valence-corrected chi connectivity index (χ4v) is 6.05. The number of ether oxygens (including phenoxy) is 2. The Bertz CT molecular complexity index is 180. The van der Waals surface area contributed by atoms with Gasteiger partial charge in [0.05, 0.1) is 0 Å². The average molecular weight is 405 g/mol. The first kappa shape index (κ1) is 21.7.